The molecule has 0 saturated carbocycles. The van der Waals surface area contributed by atoms with Crippen LogP contribution >= 0.6 is 0 Å². The fourth-order valence-electron chi connectivity index (χ4n) is 2.26. The van der Waals surface area contributed by atoms with Crippen LogP contribution in [0.25, 0.3) is 11.5 Å². The van der Waals surface area contributed by atoms with Gasteiger partial charge in [0.25, 0.3) is 0 Å². The number of hydrogen-bond donors (Lipinski definition) is 1. The molecule has 1 heterocycles. The first-order valence-corrected chi connectivity index (χ1v) is 9.02. The summed E-state index contributed by atoms with van der Waals surface area (Å²) in [6, 6.07) is 16.1. The summed E-state index contributed by atoms with van der Waals surface area (Å²) in [6.45, 7) is 3.86. The van der Waals surface area contributed by atoms with Gasteiger partial charge in [0.15, 0.2) is 0 Å². The number of oxazole rings is 1. The molecule has 0 aliphatic carbocycles. The molecule has 1 aromatic heterocycles. The molecule has 0 aliphatic rings. The Kier molecular flexibility index (Phi) is 4.51. The minimum atomic E-state index is -3.57. The Morgan fingerprint density at radius 3 is 2.33 bits per heavy atom. The molecule has 0 radical (unpaired) electrons. The third kappa shape index (κ3) is 3.55. The maximum absolute atomic E-state index is 12.3. The highest BCUT2D eigenvalue weighted by atomic mass is 32.2. The maximum atomic E-state index is 12.3. The number of sulfonamides is 1. The Bertz CT molecular complexity index is 930. The van der Waals surface area contributed by atoms with Crippen molar-refractivity contribution < 1.29 is 12.8 Å². The van der Waals surface area contributed by atoms with Gasteiger partial charge in [0, 0.05) is 5.56 Å². The van der Waals surface area contributed by atoms with Crippen molar-refractivity contribution in [2.75, 3.05) is 0 Å². The van der Waals surface area contributed by atoms with E-state index < -0.39 is 10.0 Å². The number of aromatic nitrogens is 1. The third-order valence-corrected chi connectivity index (χ3v) is 5.09. The Morgan fingerprint density at radius 2 is 1.67 bits per heavy atom. The summed E-state index contributed by atoms with van der Waals surface area (Å²) in [7, 11) is -3.57. The van der Waals surface area contributed by atoms with Gasteiger partial charge in [-0.1, -0.05) is 35.9 Å². The number of nitrogens with one attached hydrogen (secondary N) is 1. The lowest BCUT2D eigenvalue weighted by molar-refractivity contribution is 0.538. The number of hydrogen-bond acceptors (Lipinski definition) is 4. The molecule has 0 amide bonds. The zero-order chi connectivity index (χ0) is 17.2. The summed E-state index contributed by atoms with van der Waals surface area (Å²) in [5, 5.41) is 0. The van der Waals surface area contributed by atoms with Crippen LogP contribution in [0.1, 0.15) is 17.0 Å². The van der Waals surface area contributed by atoms with Gasteiger partial charge in [0.05, 0.1) is 17.1 Å². The third-order valence-electron chi connectivity index (χ3n) is 3.67. The molecule has 5 nitrogen and oxygen atoms in total. The fraction of sp³-hybridized carbons (Fsp3) is 0.167. The first kappa shape index (κ1) is 16.4. The number of benzene rings is 2. The SMILES string of the molecule is Cc1ccc(-c2nc(CNS(=O)(=O)c3ccccc3)c(C)o2)cc1. The Balaban J connectivity index is 1.78. The second kappa shape index (κ2) is 6.59. The minimum Gasteiger partial charge on any atom is -0.441 e. The molecule has 3 aromatic rings. The van der Waals surface area contributed by atoms with E-state index in [1.807, 2.05) is 31.2 Å². The average molecular weight is 342 g/mol. The average Bonchev–Trinajstić information content (AvgIpc) is 2.95. The van der Waals surface area contributed by atoms with E-state index in [1.54, 1.807) is 37.3 Å². The zero-order valence-electron chi connectivity index (χ0n) is 13.5. The highest BCUT2D eigenvalue weighted by molar-refractivity contribution is 7.89. The molecule has 0 fully saturated rings. The quantitative estimate of drug-likeness (QED) is 0.771. The molecule has 0 spiro atoms. The van der Waals surface area contributed by atoms with E-state index in [0.29, 0.717) is 17.3 Å². The lowest BCUT2D eigenvalue weighted by Crippen LogP contribution is -2.23. The Labute approximate surface area is 141 Å². The van der Waals surface area contributed by atoms with Crippen LogP contribution in [-0.4, -0.2) is 13.4 Å². The van der Waals surface area contributed by atoms with Crippen LogP contribution in [0.4, 0.5) is 0 Å². The van der Waals surface area contributed by atoms with Crippen molar-refractivity contribution in [3.63, 3.8) is 0 Å². The molecule has 24 heavy (non-hydrogen) atoms. The molecule has 3 rings (SSSR count). The van der Waals surface area contributed by atoms with Crippen LogP contribution in [-0.2, 0) is 16.6 Å². The Hall–Kier alpha value is -2.44. The van der Waals surface area contributed by atoms with Crippen LogP contribution in [0.5, 0.6) is 0 Å². The van der Waals surface area contributed by atoms with Gasteiger partial charge in [-0.05, 0) is 38.1 Å². The van der Waals surface area contributed by atoms with Crippen molar-refractivity contribution in [3.8, 4) is 11.5 Å². The molecule has 0 saturated heterocycles. The summed E-state index contributed by atoms with van der Waals surface area (Å²) in [5.41, 5.74) is 2.59. The first-order valence-electron chi connectivity index (χ1n) is 7.54. The molecule has 0 unspecified atom stereocenters. The zero-order valence-corrected chi connectivity index (χ0v) is 14.3. The van der Waals surface area contributed by atoms with Crippen LogP contribution in [0.3, 0.4) is 0 Å². The number of aryl methyl sites for hydroxylation is 2. The highest BCUT2D eigenvalue weighted by Crippen LogP contribution is 2.22. The predicted octanol–water partition coefficient (Wildman–Crippen LogP) is 3.44. The van der Waals surface area contributed by atoms with E-state index in [0.717, 1.165) is 11.1 Å². The van der Waals surface area contributed by atoms with Crippen molar-refractivity contribution in [3.05, 3.63) is 71.6 Å². The minimum absolute atomic E-state index is 0.0818. The maximum Gasteiger partial charge on any atom is 0.240 e. The van der Waals surface area contributed by atoms with Gasteiger partial charge in [-0.2, -0.15) is 0 Å². The van der Waals surface area contributed by atoms with Crippen molar-refractivity contribution in [2.24, 2.45) is 0 Å². The number of rotatable bonds is 5. The molecule has 0 aliphatic heterocycles. The molecule has 0 bridgehead atoms. The second-order valence-electron chi connectivity index (χ2n) is 5.53. The first-order chi connectivity index (χ1) is 11.5. The summed E-state index contributed by atoms with van der Waals surface area (Å²) < 4.78 is 32.7. The van der Waals surface area contributed by atoms with Gasteiger partial charge in [-0.25, -0.2) is 18.1 Å². The molecule has 0 atom stereocenters. The van der Waals surface area contributed by atoms with E-state index in [9.17, 15) is 8.42 Å². The van der Waals surface area contributed by atoms with Crippen LogP contribution in [0, 0.1) is 13.8 Å². The van der Waals surface area contributed by atoms with Crippen LogP contribution in [0.2, 0.25) is 0 Å². The molecular weight excluding hydrogens is 324 g/mol. The molecule has 6 heteroatoms. The monoisotopic (exact) mass is 342 g/mol. The van der Waals surface area contributed by atoms with Gasteiger partial charge < -0.3 is 4.42 Å². The predicted molar refractivity (Wildman–Crippen MR) is 91.9 cm³/mol. The van der Waals surface area contributed by atoms with Crippen molar-refractivity contribution >= 4 is 10.0 Å². The number of nitrogens with zero attached hydrogens (tertiary/aromatic N) is 1. The normalized spacial score (nSPS) is 11.6. The molecular formula is C18H18N2O3S. The van der Waals surface area contributed by atoms with Crippen LogP contribution < -0.4 is 4.72 Å². The summed E-state index contributed by atoms with van der Waals surface area (Å²) in [5.74, 6) is 1.09. The smallest absolute Gasteiger partial charge is 0.240 e. The van der Waals surface area contributed by atoms with E-state index >= 15 is 0 Å². The Morgan fingerprint density at radius 1 is 1.00 bits per heavy atom. The van der Waals surface area contributed by atoms with Crippen molar-refractivity contribution in [1.29, 1.82) is 0 Å². The van der Waals surface area contributed by atoms with Crippen molar-refractivity contribution in [1.82, 2.24) is 9.71 Å². The van der Waals surface area contributed by atoms with Crippen LogP contribution in [0.15, 0.2) is 63.9 Å². The van der Waals surface area contributed by atoms with Crippen molar-refractivity contribution in [2.45, 2.75) is 25.3 Å². The van der Waals surface area contributed by atoms with E-state index in [4.69, 9.17) is 4.42 Å². The molecule has 2 aromatic carbocycles. The molecule has 1 N–H and O–H groups in total. The summed E-state index contributed by atoms with van der Waals surface area (Å²) in [6.07, 6.45) is 0. The second-order valence-corrected chi connectivity index (χ2v) is 7.29. The summed E-state index contributed by atoms with van der Waals surface area (Å²) in [4.78, 5) is 4.64. The lowest BCUT2D eigenvalue weighted by atomic mass is 10.1. The highest BCUT2D eigenvalue weighted by Gasteiger charge is 2.16. The van der Waals surface area contributed by atoms with Gasteiger partial charge in [-0.15, -0.1) is 0 Å². The van der Waals surface area contributed by atoms with Gasteiger partial charge in [0.1, 0.15) is 5.76 Å². The van der Waals surface area contributed by atoms with Gasteiger partial charge in [0.2, 0.25) is 15.9 Å². The topological polar surface area (TPSA) is 72.2 Å². The largest absolute Gasteiger partial charge is 0.441 e. The fourth-order valence-corrected chi connectivity index (χ4v) is 3.27. The van der Waals surface area contributed by atoms with E-state index in [2.05, 4.69) is 9.71 Å². The van der Waals surface area contributed by atoms with E-state index in [1.165, 1.54) is 0 Å². The van der Waals surface area contributed by atoms with E-state index in [-0.39, 0.29) is 11.4 Å². The summed E-state index contributed by atoms with van der Waals surface area (Å²) >= 11 is 0. The molecule has 124 valence electrons. The van der Waals surface area contributed by atoms with Gasteiger partial charge >= 0.3 is 0 Å². The van der Waals surface area contributed by atoms with Gasteiger partial charge in [-0.3, -0.25) is 0 Å². The lowest BCUT2D eigenvalue weighted by Gasteiger charge is -2.05. The standard InChI is InChI=1S/C18H18N2O3S/c1-13-8-10-15(11-9-13)18-20-17(14(2)23-18)12-19-24(21,22)16-6-4-3-5-7-16/h3-11,19H,12H2,1-2H3.